The van der Waals surface area contributed by atoms with E-state index in [9.17, 15) is 28.5 Å². The summed E-state index contributed by atoms with van der Waals surface area (Å²) in [6.45, 7) is 0. The molecule has 5 rings (SSSR count). The third-order valence-corrected chi connectivity index (χ3v) is 7.75. The van der Waals surface area contributed by atoms with Crippen molar-refractivity contribution in [2.24, 2.45) is 5.10 Å². The molecule has 0 aliphatic rings. The zero-order valence-electron chi connectivity index (χ0n) is 20.7. The zero-order valence-corrected chi connectivity index (χ0v) is 22.3. The highest BCUT2D eigenvalue weighted by Gasteiger charge is 2.18. The number of halogens is 2. The predicted octanol–water partition coefficient (Wildman–Crippen LogP) is 6.65. The number of nitrogens with zero attached hydrogens (tertiary/aromatic N) is 3. The molecule has 1 heterocycles. The van der Waals surface area contributed by atoms with Gasteiger partial charge in [0.2, 0.25) is 0 Å². The monoisotopic (exact) mass is 589 g/mol. The zero-order chi connectivity index (χ0) is 28.9. The molecule has 0 spiro atoms. The highest BCUT2D eigenvalue weighted by Crippen LogP contribution is 2.39. The van der Waals surface area contributed by atoms with Gasteiger partial charge in [0.05, 0.1) is 31.8 Å². The van der Waals surface area contributed by atoms with Crippen molar-refractivity contribution in [3.05, 3.63) is 123 Å². The van der Waals surface area contributed by atoms with Crippen molar-refractivity contribution in [1.82, 2.24) is 10.4 Å². The number of nitro groups is 1. The molecule has 4 aromatic carbocycles. The van der Waals surface area contributed by atoms with E-state index in [-0.39, 0.29) is 16.8 Å². The van der Waals surface area contributed by atoms with Crippen molar-refractivity contribution in [2.75, 3.05) is 5.32 Å². The number of aromatic nitrogens is 1. The minimum absolute atomic E-state index is 0.0794. The van der Waals surface area contributed by atoms with Gasteiger partial charge in [-0.2, -0.15) is 5.10 Å². The van der Waals surface area contributed by atoms with Crippen molar-refractivity contribution < 1.29 is 23.3 Å². The molecule has 0 aliphatic carbocycles. The fourth-order valence-corrected chi connectivity index (χ4v) is 5.79. The second-order valence-electron chi connectivity index (χ2n) is 8.39. The van der Waals surface area contributed by atoms with Crippen LogP contribution in [-0.4, -0.2) is 27.9 Å². The smallest absolute Gasteiger partial charge is 0.283 e. The van der Waals surface area contributed by atoms with Crippen LogP contribution in [0.3, 0.4) is 0 Å². The van der Waals surface area contributed by atoms with Gasteiger partial charge in [0.15, 0.2) is 4.34 Å². The standard InChI is InChI=1S/C28H17F2N5O4S2/c29-18-8-6-17(7-9-18)26(36)34-31-15-16-5-12-24(23(13-16)35(38)39)40-28-33-22-11-10-19(14-25(22)41-28)32-27(37)20-3-1-2-4-21(20)30/h1-15H,(H,32,37)(H,34,36)/b31-15+. The first-order valence-electron chi connectivity index (χ1n) is 11.8. The number of nitro benzene ring substituents is 1. The van der Waals surface area contributed by atoms with E-state index in [1.54, 1.807) is 36.4 Å². The van der Waals surface area contributed by atoms with E-state index in [0.717, 1.165) is 28.6 Å². The molecule has 2 N–H and O–H groups in total. The van der Waals surface area contributed by atoms with E-state index in [4.69, 9.17) is 0 Å². The van der Waals surface area contributed by atoms with Crippen molar-refractivity contribution in [3.63, 3.8) is 0 Å². The van der Waals surface area contributed by atoms with Gasteiger partial charge in [-0.25, -0.2) is 19.2 Å². The third-order valence-electron chi connectivity index (χ3n) is 5.61. The van der Waals surface area contributed by atoms with Crippen LogP contribution in [-0.2, 0) is 0 Å². The Kier molecular flexibility index (Phi) is 8.08. The van der Waals surface area contributed by atoms with Gasteiger partial charge in [-0.15, -0.1) is 11.3 Å². The molecule has 0 saturated heterocycles. The van der Waals surface area contributed by atoms with Crippen LogP contribution in [0.4, 0.5) is 20.2 Å². The van der Waals surface area contributed by atoms with Crippen LogP contribution < -0.4 is 10.7 Å². The van der Waals surface area contributed by atoms with Crippen LogP contribution in [0, 0.1) is 21.7 Å². The van der Waals surface area contributed by atoms with Crippen LogP contribution in [0.5, 0.6) is 0 Å². The molecule has 2 amide bonds. The van der Waals surface area contributed by atoms with Crippen LogP contribution >= 0.6 is 23.1 Å². The van der Waals surface area contributed by atoms with Crippen LogP contribution in [0.25, 0.3) is 10.2 Å². The molecule has 0 bridgehead atoms. The number of fused-ring (bicyclic) bond motifs is 1. The topological polar surface area (TPSA) is 127 Å². The first-order valence-corrected chi connectivity index (χ1v) is 13.4. The van der Waals surface area contributed by atoms with Gasteiger partial charge in [-0.05, 0) is 60.7 Å². The Bertz CT molecular complexity index is 1830. The van der Waals surface area contributed by atoms with Crippen molar-refractivity contribution in [1.29, 1.82) is 0 Å². The SMILES string of the molecule is O=C(N/N=C/c1ccc(Sc2nc3ccc(NC(=O)c4ccccc4F)cc3s2)c([N+](=O)[O-])c1)c1ccc(F)cc1. The maximum absolute atomic E-state index is 13.9. The second kappa shape index (κ2) is 12.0. The van der Waals surface area contributed by atoms with E-state index in [1.807, 2.05) is 0 Å². The molecule has 1 aromatic heterocycles. The lowest BCUT2D eigenvalue weighted by molar-refractivity contribution is -0.387. The van der Waals surface area contributed by atoms with Crippen LogP contribution in [0.15, 0.2) is 99.3 Å². The number of carbonyl (C=O) groups excluding carboxylic acids is 2. The number of carbonyl (C=O) groups is 2. The minimum atomic E-state index is -0.629. The summed E-state index contributed by atoms with van der Waals surface area (Å²) < 4.78 is 28.2. The van der Waals surface area contributed by atoms with Gasteiger partial charge < -0.3 is 5.32 Å². The quantitative estimate of drug-likeness (QED) is 0.119. The Morgan fingerprint density at radius 2 is 1.76 bits per heavy atom. The number of hydrogen-bond donors (Lipinski definition) is 2. The molecule has 41 heavy (non-hydrogen) atoms. The van der Waals surface area contributed by atoms with Gasteiger partial charge in [-0.3, -0.25) is 19.7 Å². The van der Waals surface area contributed by atoms with E-state index in [2.05, 4.69) is 20.8 Å². The molecule has 13 heteroatoms. The molecule has 5 aromatic rings. The maximum atomic E-state index is 13.9. The van der Waals surface area contributed by atoms with Crippen LogP contribution in [0.2, 0.25) is 0 Å². The summed E-state index contributed by atoms with van der Waals surface area (Å²) >= 11 is 2.39. The number of amides is 2. The summed E-state index contributed by atoms with van der Waals surface area (Å²) in [6, 6.07) is 20.1. The molecule has 204 valence electrons. The number of nitrogens with one attached hydrogen (secondary N) is 2. The molecular formula is C28H17F2N5O4S2. The van der Waals surface area contributed by atoms with Crippen LogP contribution in [0.1, 0.15) is 26.3 Å². The normalized spacial score (nSPS) is 11.1. The predicted molar refractivity (Wildman–Crippen MR) is 153 cm³/mol. The molecule has 9 nitrogen and oxygen atoms in total. The van der Waals surface area contributed by atoms with Gasteiger partial charge in [0.1, 0.15) is 11.6 Å². The number of thiazole rings is 1. The molecule has 0 atom stereocenters. The summed E-state index contributed by atoms with van der Waals surface area (Å²) in [5.74, 6) is -2.25. The molecule has 0 fully saturated rings. The first kappa shape index (κ1) is 27.6. The number of hydrogen-bond acceptors (Lipinski definition) is 8. The lowest BCUT2D eigenvalue weighted by Gasteiger charge is -2.05. The highest BCUT2D eigenvalue weighted by atomic mass is 32.2. The summed E-state index contributed by atoms with van der Waals surface area (Å²) in [5, 5.41) is 18.3. The molecule has 0 aliphatic heterocycles. The largest absolute Gasteiger partial charge is 0.322 e. The second-order valence-corrected chi connectivity index (χ2v) is 10.7. The fraction of sp³-hybridized carbons (Fsp3) is 0. The Morgan fingerprint density at radius 1 is 0.976 bits per heavy atom. The Labute approximate surface area is 239 Å². The number of benzene rings is 4. The van der Waals surface area contributed by atoms with Crippen molar-refractivity contribution in [2.45, 2.75) is 9.24 Å². The lowest BCUT2D eigenvalue weighted by atomic mass is 10.2. The number of hydrazone groups is 1. The van der Waals surface area contributed by atoms with E-state index in [0.29, 0.717) is 26.0 Å². The fourth-order valence-electron chi connectivity index (χ4n) is 3.64. The summed E-state index contributed by atoms with van der Waals surface area (Å²) in [6.07, 6.45) is 1.26. The summed E-state index contributed by atoms with van der Waals surface area (Å²) in [7, 11) is 0. The van der Waals surface area contributed by atoms with Gasteiger partial charge >= 0.3 is 0 Å². The molecular weight excluding hydrogens is 572 g/mol. The minimum Gasteiger partial charge on any atom is -0.322 e. The third kappa shape index (κ3) is 6.59. The van der Waals surface area contributed by atoms with E-state index in [1.165, 1.54) is 53.9 Å². The van der Waals surface area contributed by atoms with Crippen molar-refractivity contribution in [3.8, 4) is 0 Å². The van der Waals surface area contributed by atoms with Crippen molar-refractivity contribution >= 4 is 62.7 Å². The van der Waals surface area contributed by atoms with E-state index < -0.39 is 28.4 Å². The first-order chi connectivity index (χ1) is 19.8. The van der Waals surface area contributed by atoms with Gasteiger partial charge in [0, 0.05) is 22.9 Å². The van der Waals surface area contributed by atoms with Gasteiger partial charge in [0.25, 0.3) is 17.5 Å². The molecule has 0 radical (unpaired) electrons. The molecule has 0 unspecified atom stereocenters. The lowest BCUT2D eigenvalue weighted by Crippen LogP contribution is -2.17. The van der Waals surface area contributed by atoms with E-state index >= 15 is 0 Å². The van der Waals surface area contributed by atoms with Gasteiger partial charge in [-0.1, -0.05) is 30.0 Å². The number of anilines is 1. The highest BCUT2D eigenvalue weighted by molar-refractivity contribution is 8.01. The average Bonchev–Trinajstić information content (AvgIpc) is 3.35. The summed E-state index contributed by atoms with van der Waals surface area (Å²) in [5.41, 5.74) is 3.69. The Morgan fingerprint density at radius 3 is 2.51 bits per heavy atom. The average molecular weight is 590 g/mol. The number of rotatable bonds is 8. The maximum Gasteiger partial charge on any atom is 0.283 e. The Balaban J connectivity index is 1.29. The Hall–Kier alpha value is -5.01. The molecule has 0 saturated carbocycles. The summed E-state index contributed by atoms with van der Waals surface area (Å²) in [4.78, 5) is 40.7.